The van der Waals surface area contributed by atoms with Gasteiger partial charge in [-0.1, -0.05) is 41.7 Å². The number of guanidine groups is 1. The number of ketones is 1. The van der Waals surface area contributed by atoms with Crippen LogP contribution in [-0.2, 0) is 4.79 Å². The number of allylic oxidation sites excluding steroid dienone is 1. The van der Waals surface area contributed by atoms with Crippen LogP contribution < -0.4 is 10.6 Å². The van der Waals surface area contributed by atoms with E-state index in [0.29, 0.717) is 18.8 Å². The number of rotatable bonds is 2. The Kier molecular flexibility index (Phi) is 4.16. The number of benzene rings is 2. The fourth-order valence-electron chi connectivity index (χ4n) is 3.70. The minimum atomic E-state index is -0.391. The fraction of sp³-hybridized carbons (Fsp3) is 0.190. The molecule has 0 saturated heterocycles. The summed E-state index contributed by atoms with van der Waals surface area (Å²) >= 11 is 1.54. The first-order valence-electron chi connectivity index (χ1n) is 9.13. The SMILES string of the molecule is O=C1CCC=C2NC(Nc3nc4ccccc4s3)=N[C@H](c3ccc(F)cc3)[C@@H]12. The van der Waals surface area contributed by atoms with Gasteiger partial charge >= 0.3 is 0 Å². The Hall–Kier alpha value is -3.06. The third-order valence-corrected chi connectivity index (χ3v) is 5.97. The number of carbonyl (C=O) groups excluding carboxylic acids is 1. The Morgan fingerprint density at radius 1 is 1.14 bits per heavy atom. The molecule has 2 N–H and O–H groups in total. The first-order chi connectivity index (χ1) is 13.7. The quantitative estimate of drug-likeness (QED) is 0.678. The molecule has 0 amide bonds. The highest BCUT2D eigenvalue weighted by molar-refractivity contribution is 7.22. The number of nitrogens with zero attached hydrogens (tertiary/aromatic N) is 2. The average Bonchev–Trinajstić information content (AvgIpc) is 3.10. The van der Waals surface area contributed by atoms with Crippen molar-refractivity contribution in [3.05, 3.63) is 71.7 Å². The van der Waals surface area contributed by atoms with E-state index in [-0.39, 0.29) is 17.5 Å². The standard InChI is InChI=1S/C21H17FN4OS/c22-13-10-8-12(9-11-13)19-18-15(5-3-6-16(18)27)23-20(25-19)26-21-24-14-4-1-2-7-17(14)28-21/h1-2,4-5,7-11,18-19H,3,6H2,(H2,23,24,25,26)/t18-,19-/m1/s1. The van der Waals surface area contributed by atoms with Crippen LogP contribution in [0, 0.1) is 11.7 Å². The predicted octanol–water partition coefficient (Wildman–Crippen LogP) is 4.41. The maximum atomic E-state index is 13.4. The zero-order valence-corrected chi connectivity index (χ0v) is 15.7. The second-order valence-electron chi connectivity index (χ2n) is 6.85. The summed E-state index contributed by atoms with van der Waals surface area (Å²) in [5.41, 5.74) is 2.59. The first-order valence-corrected chi connectivity index (χ1v) is 9.95. The number of para-hydroxylation sites is 1. The predicted molar refractivity (Wildman–Crippen MR) is 109 cm³/mol. The summed E-state index contributed by atoms with van der Waals surface area (Å²) in [7, 11) is 0. The molecule has 140 valence electrons. The number of fused-ring (bicyclic) bond motifs is 2. The average molecular weight is 392 g/mol. The lowest BCUT2D eigenvalue weighted by Gasteiger charge is -2.34. The molecule has 28 heavy (non-hydrogen) atoms. The van der Waals surface area contributed by atoms with Crippen molar-refractivity contribution in [2.45, 2.75) is 18.9 Å². The molecule has 1 aromatic heterocycles. The van der Waals surface area contributed by atoms with Gasteiger partial charge in [0.15, 0.2) is 5.13 Å². The van der Waals surface area contributed by atoms with Crippen molar-refractivity contribution in [1.29, 1.82) is 0 Å². The van der Waals surface area contributed by atoms with Gasteiger partial charge in [-0.3, -0.25) is 4.79 Å². The van der Waals surface area contributed by atoms with Crippen molar-refractivity contribution in [1.82, 2.24) is 10.3 Å². The zero-order valence-electron chi connectivity index (χ0n) is 14.9. The van der Waals surface area contributed by atoms with Gasteiger partial charge in [0.05, 0.1) is 22.2 Å². The third-order valence-electron chi connectivity index (χ3n) is 5.01. The van der Waals surface area contributed by atoms with E-state index in [1.807, 2.05) is 24.3 Å². The van der Waals surface area contributed by atoms with Crippen LogP contribution in [0.2, 0.25) is 0 Å². The van der Waals surface area contributed by atoms with Crippen LogP contribution in [-0.4, -0.2) is 16.7 Å². The first kappa shape index (κ1) is 17.1. The fourth-order valence-corrected chi connectivity index (χ4v) is 4.57. The van der Waals surface area contributed by atoms with E-state index in [1.165, 1.54) is 12.1 Å². The summed E-state index contributed by atoms with van der Waals surface area (Å²) < 4.78 is 14.5. The van der Waals surface area contributed by atoms with E-state index in [9.17, 15) is 9.18 Å². The number of thiazole rings is 1. The molecule has 2 aliphatic rings. The van der Waals surface area contributed by atoms with Crippen molar-refractivity contribution in [2.75, 3.05) is 5.32 Å². The Morgan fingerprint density at radius 3 is 2.79 bits per heavy atom. The lowest BCUT2D eigenvalue weighted by Crippen LogP contribution is -2.43. The molecule has 0 bridgehead atoms. The summed E-state index contributed by atoms with van der Waals surface area (Å²) in [6.45, 7) is 0. The van der Waals surface area contributed by atoms with Crippen LogP contribution in [0.1, 0.15) is 24.4 Å². The van der Waals surface area contributed by atoms with Crippen LogP contribution in [0.15, 0.2) is 65.3 Å². The number of anilines is 1. The van der Waals surface area contributed by atoms with Gasteiger partial charge in [0.1, 0.15) is 11.6 Å². The molecule has 5 nitrogen and oxygen atoms in total. The summed E-state index contributed by atoms with van der Waals surface area (Å²) in [4.78, 5) is 22.0. The number of Topliss-reactive ketones (excluding diaryl/α,β-unsaturated/α-hetero) is 1. The number of carbonyl (C=O) groups is 1. The molecule has 1 aliphatic heterocycles. The smallest absolute Gasteiger partial charge is 0.202 e. The Labute approximate surface area is 165 Å². The summed E-state index contributed by atoms with van der Waals surface area (Å²) in [6.07, 6.45) is 3.27. The number of aliphatic imine (C=N–C) groups is 1. The van der Waals surface area contributed by atoms with Gasteiger partial charge < -0.3 is 10.6 Å². The Bertz CT molecular complexity index is 1090. The molecule has 2 aromatic carbocycles. The van der Waals surface area contributed by atoms with Crippen molar-refractivity contribution in [3.63, 3.8) is 0 Å². The topological polar surface area (TPSA) is 66.4 Å². The molecule has 1 aliphatic carbocycles. The maximum absolute atomic E-state index is 13.4. The number of hydrogen-bond acceptors (Lipinski definition) is 6. The summed E-state index contributed by atoms with van der Waals surface area (Å²) in [5, 5.41) is 7.24. The van der Waals surface area contributed by atoms with Gasteiger partial charge in [-0.2, -0.15) is 0 Å². The van der Waals surface area contributed by atoms with E-state index >= 15 is 0 Å². The Morgan fingerprint density at radius 2 is 1.96 bits per heavy atom. The molecule has 0 saturated carbocycles. The van der Waals surface area contributed by atoms with Crippen LogP contribution in [0.5, 0.6) is 0 Å². The van der Waals surface area contributed by atoms with Crippen LogP contribution in [0.4, 0.5) is 9.52 Å². The molecule has 5 rings (SSSR count). The highest BCUT2D eigenvalue weighted by atomic mass is 32.1. The van der Waals surface area contributed by atoms with Gasteiger partial charge in [0, 0.05) is 12.1 Å². The van der Waals surface area contributed by atoms with E-state index in [4.69, 9.17) is 4.99 Å². The van der Waals surface area contributed by atoms with E-state index in [1.54, 1.807) is 23.5 Å². The maximum Gasteiger partial charge on any atom is 0.202 e. The molecule has 0 fully saturated rings. The van der Waals surface area contributed by atoms with E-state index in [0.717, 1.165) is 26.6 Å². The molecule has 0 unspecified atom stereocenters. The van der Waals surface area contributed by atoms with Crippen molar-refractivity contribution < 1.29 is 9.18 Å². The second kappa shape index (κ2) is 6.83. The third kappa shape index (κ3) is 3.07. The molecule has 0 spiro atoms. The van der Waals surface area contributed by atoms with E-state index in [2.05, 4.69) is 21.7 Å². The van der Waals surface area contributed by atoms with Crippen LogP contribution in [0.25, 0.3) is 10.2 Å². The summed E-state index contributed by atoms with van der Waals surface area (Å²) in [5.74, 6) is 0.0352. The Balaban J connectivity index is 1.52. The van der Waals surface area contributed by atoms with Crippen molar-refractivity contribution >= 4 is 38.4 Å². The summed E-state index contributed by atoms with van der Waals surface area (Å²) in [6, 6.07) is 13.7. The highest BCUT2D eigenvalue weighted by Gasteiger charge is 2.38. The van der Waals surface area contributed by atoms with Crippen LogP contribution in [0.3, 0.4) is 0 Å². The monoisotopic (exact) mass is 392 g/mol. The molecule has 2 atom stereocenters. The minimum absolute atomic E-state index is 0.155. The van der Waals surface area contributed by atoms with Gasteiger partial charge in [-0.15, -0.1) is 0 Å². The highest BCUT2D eigenvalue weighted by Crippen LogP contribution is 2.38. The van der Waals surface area contributed by atoms with Gasteiger partial charge in [-0.05, 0) is 36.2 Å². The minimum Gasteiger partial charge on any atom is -0.329 e. The van der Waals surface area contributed by atoms with Crippen molar-refractivity contribution in [3.8, 4) is 0 Å². The number of halogens is 1. The molecule has 3 aromatic rings. The van der Waals surface area contributed by atoms with Gasteiger partial charge in [0.2, 0.25) is 5.96 Å². The molecule has 2 heterocycles. The molecule has 7 heteroatoms. The molecular formula is C21H17FN4OS. The molecule has 0 radical (unpaired) electrons. The van der Waals surface area contributed by atoms with Crippen LogP contribution >= 0.6 is 11.3 Å². The number of hydrogen-bond donors (Lipinski definition) is 2. The lowest BCUT2D eigenvalue weighted by molar-refractivity contribution is -0.122. The number of nitrogens with one attached hydrogen (secondary N) is 2. The molecular weight excluding hydrogens is 375 g/mol. The largest absolute Gasteiger partial charge is 0.329 e. The number of aromatic nitrogens is 1. The normalized spacial score (nSPS) is 21.5. The van der Waals surface area contributed by atoms with E-state index < -0.39 is 6.04 Å². The van der Waals surface area contributed by atoms with Gasteiger partial charge in [0.25, 0.3) is 0 Å². The second-order valence-corrected chi connectivity index (χ2v) is 7.88. The van der Waals surface area contributed by atoms with Crippen molar-refractivity contribution in [2.24, 2.45) is 10.9 Å². The lowest BCUT2D eigenvalue weighted by atomic mass is 9.81. The van der Waals surface area contributed by atoms with Gasteiger partial charge in [-0.25, -0.2) is 14.4 Å². The zero-order chi connectivity index (χ0) is 19.1.